The summed E-state index contributed by atoms with van der Waals surface area (Å²) in [6, 6.07) is 12.2. The van der Waals surface area contributed by atoms with Crippen LogP contribution in [0.2, 0.25) is 0 Å². The van der Waals surface area contributed by atoms with E-state index in [4.69, 9.17) is 4.74 Å². The molecule has 2 aromatic carbocycles. The molecule has 0 atom stereocenters. The lowest BCUT2D eigenvalue weighted by Gasteiger charge is -2.30. The number of ether oxygens (including phenoxy) is 1. The summed E-state index contributed by atoms with van der Waals surface area (Å²) in [4.78, 5) is 12.5. The lowest BCUT2D eigenvalue weighted by atomic mass is 10.1. The Morgan fingerprint density at radius 2 is 1.89 bits per heavy atom. The predicted molar refractivity (Wildman–Crippen MR) is 103 cm³/mol. The van der Waals surface area contributed by atoms with E-state index in [0.717, 1.165) is 22.0 Å². The summed E-state index contributed by atoms with van der Waals surface area (Å²) in [5.74, 6) is 0.572. The van der Waals surface area contributed by atoms with Gasteiger partial charge in [0.05, 0.1) is 22.6 Å². The molecule has 0 saturated heterocycles. The van der Waals surface area contributed by atoms with Crippen LogP contribution in [0.4, 0.5) is 5.69 Å². The Morgan fingerprint density at radius 1 is 1.07 bits per heavy atom. The minimum absolute atomic E-state index is 0.0311. The van der Waals surface area contributed by atoms with E-state index >= 15 is 0 Å². The van der Waals surface area contributed by atoms with Crippen molar-refractivity contribution in [2.24, 2.45) is 0 Å². The van der Waals surface area contributed by atoms with Gasteiger partial charge in [0, 0.05) is 18.0 Å². The number of nitrogens with zero attached hydrogens (tertiary/aromatic N) is 2. The molecule has 0 unspecified atom stereocenters. The summed E-state index contributed by atoms with van der Waals surface area (Å²) in [6.07, 6.45) is 0.665. The van der Waals surface area contributed by atoms with Crippen LogP contribution in [0.25, 0.3) is 10.9 Å². The third-order valence-electron chi connectivity index (χ3n) is 5.34. The van der Waals surface area contributed by atoms with Crippen LogP contribution in [-0.2, 0) is 23.0 Å². The Kier molecular flexibility index (Phi) is 3.40. The lowest BCUT2D eigenvalue weighted by molar-refractivity contribution is 0.316. The Balaban J connectivity index is 1.73. The summed E-state index contributed by atoms with van der Waals surface area (Å²) >= 11 is 0. The SMILES string of the molecule is Cc1cc(=O)n2c3c(cc(S(=O)(=O)N4CCOc5ccccc54)cc13)CC2. The van der Waals surface area contributed by atoms with Crippen molar-refractivity contribution in [3.8, 4) is 5.75 Å². The molecule has 7 heteroatoms. The van der Waals surface area contributed by atoms with Gasteiger partial charge in [-0.3, -0.25) is 9.10 Å². The third-order valence-corrected chi connectivity index (χ3v) is 7.13. The molecule has 0 N–H and O–H groups in total. The fraction of sp³-hybridized carbons (Fsp3) is 0.250. The van der Waals surface area contributed by atoms with Gasteiger partial charge in [0.1, 0.15) is 12.4 Å². The zero-order valence-electron chi connectivity index (χ0n) is 14.8. The van der Waals surface area contributed by atoms with E-state index < -0.39 is 10.0 Å². The van der Waals surface area contributed by atoms with Crippen molar-refractivity contribution in [2.45, 2.75) is 24.8 Å². The number of benzene rings is 2. The van der Waals surface area contributed by atoms with E-state index in [2.05, 4.69) is 0 Å². The van der Waals surface area contributed by atoms with Crippen molar-refractivity contribution in [1.29, 1.82) is 0 Å². The molecule has 2 aliphatic rings. The summed E-state index contributed by atoms with van der Waals surface area (Å²) in [5.41, 5.74) is 3.10. The highest BCUT2D eigenvalue weighted by Gasteiger charge is 2.31. The second-order valence-electron chi connectivity index (χ2n) is 6.94. The van der Waals surface area contributed by atoms with Gasteiger partial charge in [-0.05, 0) is 48.7 Å². The van der Waals surface area contributed by atoms with Crippen LogP contribution in [0.5, 0.6) is 5.75 Å². The number of aromatic nitrogens is 1. The van der Waals surface area contributed by atoms with Gasteiger partial charge in [0.2, 0.25) is 0 Å². The number of anilines is 1. The van der Waals surface area contributed by atoms with Crippen molar-refractivity contribution in [1.82, 2.24) is 4.57 Å². The third kappa shape index (κ3) is 2.31. The van der Waals surface area contributed by atoms with Crippen molar-refractivity contribution in [3.05, 3.63) is 63.9 Å². The first-order valence-corrected chi connectivity index (χ1v) is 10.3. The van der Waals surface area contributed by atoms with Crippen molar-refractivity contribution in [3.63, 3.8) is 0 Å². The van der Waals surface area contributed by atoms with Gasteiger partial charge >= 0.3 is 0 Å². The summed E-state index contributed by atoms with van der Waals surface area (Å²) < 4.78 is 35.7. The summed E-state index contributed by atoms with van der Waals surface area (Å²) in [7, 11) is -3.74. The number of para-hydroxylation sites is 2. The molecule has 1 aromatic heterocycles. The van der Waals surface area contributed by atoms with E-state index in [-0.39, 0.29) is 17.0 Å². The molecule has 27 heavy (non-hydrogen) atoms. The topological polar surface area (TPSA) is 68.6 Å². The second-order valence-corrected chi connectivity index (χ2v) is 8.80. The maximum absolute atomic E-state index is 13.5. The van der Waals surface area contributed by atoms with E-state index in [1.807, 2.05) is 13.0 Å². The number of hydrogen-bond donors (Lipinski definition) is 0. The Bertz CT molecular complexity index is 1260. The molecule has 5 rings (SSSR count). The van der Waals surface area contributed by atoms with Crippen LogP contribution in [0.1, 0.15) is 11.1 Å². The molecule has 0 saturated carbocycles. The summed E-state index contributed by atoms with van der Waals surface area (Å²) in [6.45, 7) is 3.03. The maximum Gasteiger partial charge on any atom is 0.264 e. The molecule has 0 spiro atoms. The number of fused-ring (bicyclic) bond motifs is 1. The first kappa shape index (κ1) is 16.4. The van der Waals surface area contributed by atoms with Gasteiger partial charge < -0.3 is 9.30 Å². The van der Waals surface area contributed by atoms with Gasteiger partial charge in [-0.2, -0.15) is 0 Å². The van der Waals surface area contributed by atoms with Gasteiger partial charge in [0.25, 0.3) is 15.6 Å². The largest absolute Gasteiger partial charge is 0.489 e. The molecule has 3 heterocycles. The minimum Gasteiger partial charge on any atom is -0.489 e. The molecule has 2 aliphatic heterocycles. The Labute approximate surface area is 156 Å². The first-order valence-electron chi connectivity index (χ1n) is 8.88. The highest BCUT2D eigenvalue weighted by Crippen LogP contribution is 2.37. The van der Waals surface area contributed by atoms with E-state index in [9.17, 15) is 13.2 Å². The monoisotopic (exact) mass is 382 g/mol. The van der Waals surface area contributed by atoms with Gasteiger partial charge in [-0.25, -0.2) is 8.42 Å². The predicted octanol–water partition coefficient (Wildman–Crippen LogP) is 2.45. The number of hydrogen-bond acceptors (Lipinski definition) is 4. The van der Waals surface area contributed by atoms with Crippen LogP contribution < -0.4 is 14.6 Å². The second kappa shape index (κ2) is 5.60. The van der Waals surface area contributed by atoms with Gasteiger partial charge in [-0.1, -0.05) is 12.1 Å². The fourth-order valence-electron chi connectivity index (χ4n) is 4.05. The molecule has 0 fully saturated rings. The molecular weight excluding hydrogens is 364 g/mol. The molecule has 6 nitrogen and oxygen atoms in total. The van der Waals surface area contributed by atoms with Crippen LogP contribution in [0.3, 0.4) is 0 Å². The van der Waals surface area contributed by atoms with E-state index in [0.29, 0.717) is 31.0 Å². The molecule has 0 radical (unpaired) electrons. The van der Waals surface area contributed by atoms with E-state index in [1.165, 1.54) is 4.31 Å². The molecule has 3 aromatic rings. The number of aryl methyl sites for hydroxylation is 3. The van der Waals surface area contributed by atoms with Gasteiger partial charge in [-0.15, -0.1) is 0 Å². The van der Waals surface area contributed by atoms with Crippen LogP contribution in [0.15, 0.2) is 52.2 Å². The number of rotatable bonds is 2. The average molecular weight is 382 g/mol. The Morgan fingerprint density at radius 3 is 2.74 bits per heavy atom. The number of pyridine rings is 1. The summed E-state index contributed by atoms with van der Waals surface area (Å²) in [5, 5.41) is 0.824. The average Bonchev–Trinajstić information content (AvgIpc) is 3.10. The zero-order valence-corrected chi connectivity index (χ0v) is 15.6. The first-order chi connectivity index (χ1) is 13.0. The fourth-order valence-corrected chi connectivity index (χ4v) is 5.59. The standard InChI is InChI=1S/C20H18N2O4S/c1-13-10-19(23)21-7-6-14-11-15(12-16(13)20(14)21)27(24,25)22-8-9-26-18-5-3-2-4-17(18)22/h2-5,10-12H,6-9H2,1H3. The maximum atomic E-state index is 13.5. The molecular formula is C20H18N2O4S. The van der Waals surface area contributed by atoms with Crippen LogP contribution in [0, 0.1) is 6.92 Å². The normalized spacial score (nSPS) is 15.7. The highest BCUT2D eigenvalue weighted by atomic mass is 32.2. The minimum atomic E-state index is -3.74. The van der Waals surface area contributed by atoms with E-state index in [1.54, 1.807) is 41.0 Å². The highest BCUT2D eigenvalue weighted by molar-refractivity contribution is 7.92. The van der Waals surface area contributed by atoms with Crippen molar-refractivity contribution >= 4 is 26.6 Å². The van der Waals surface area contributed by atoms with Gasteiger partial charge in [0.15, 0.2) is 0 Å². The molecule has 0 bridgehead atoms. The zero-order chi connectivity index (χ0) is 18.8. The van der Waals surface area contributed by atoms with Crippen molar-refractivity contribution in [2.75, 3.05) is 17.5 Å². The van der Waals surface area contributed by atoms with Crippen LogP contribution in [-0.4, -0.2) is 26.1 Å². The smallest absolute Gasteiger partial charge is 0.264 e. The van der Waals surface area contributed by atoms with Crippen molar-refractivity contribution < 1.29 is 13.2 Å². The molecule has 0 aliphatic carbocycles. The quantitative estimate of drug-likeness (QED) is 0.683. The molecule has 138 valence electrons. The van der Waals surface area contributed by atoms with Crippen LogP contribution >= 0.6 is 0 Å². The lowest BCUT2D eigenvalue weighted by Crippen LogP contribution is -2.37. The molecule has 0 amide bonds. The Hall–Kier alpha value is -2.80. The number of sulfonamides is 1.